The van der Waals surface area contributed by atoms with Crippen molar-refractivity contribution in [3.05, 3.63) is 4.88 Å². The number of nitrogens with one attached hydrogen (secondary N) is 1. The van der Waals surface area contributed by atoms with Crippen LogP contribution in [0, 0.1) is 0 Å². The number of carbonyl (C=O) groups excluding carboxylic acids is 1. The second-order valence-electron chi connectivity index (χ2n) is 5.09. The SMILES string of the molecule is CCN1CCCC1CN(C)C(=O)c1sc(NC)nc1N. The Labute approximate surface area is 124 Å². The van der Waals surface area contributed by atoms with Crippen LogP contribution in [0.15, 0.2) is 0 Å². The van der Waals surface area contributed by atoms with E-state index in [1.807, 2.05) is 7.05 Å². The van der Waals surface area contributed by atoms with Gasteiger partial charge in [-0.1, -0.05) is 18.3 Å². The van der Waals surface area contributed by atoms with Gasteiger partial charge in [0.05, 0.1) is 0 Å². The summed E-state index contributed by atoms with van der Waals surface area (Å²) in [6, 6.07) is 0.465. The topological polar surface area (TPSA) is 74.5 Å². The highest BCUT2D eigenvalue weighted by Crippen LogP contribution is 2.26. The summed E-state index contributed by atoms with van der Waals surface area (Å²) in [5, 5.41) is 3.60. The van der Waals surface area contributed by atoms with Gasteiger partial charge in [0.15, 0.2) is 5.13 Å². The van der Waals surface area contributed by atoms with E-state index in [-0.39, 0.29) is 5.91 Å². The molecule has 6 nitrogen and oxygen atoms in total. The van der Waals surface area contributed by atoms with Gasteiger partial charge in [0.2, 0.25) is 0 Å². The third-order valence-electron chi connectivity index (χ3n) is 3.80. The van der Waals surface area contributed by atoms with Crippen LogP contribution in [0.3, 0.4) is 0 Å². The van der Waals surface area contributed by atoms with Gasteiger partial charge in [-0.25, -0.2) is 4.98 Å². The molecule has 2 heterocycles. The van der Waals surface area contributed by atoms with Crippen molar-refractivity contribution in [2.24, 2.45) is 0 Å². The fourth-order valence-electron chi connectivity index (χ4n) is 2.68. The molecular weight excluding hydrogens is 274 g/mol. The van der Waals surface area contributed by atoms with E-state index < -0.39 is 0 Å². The van der Waals surface area contributed by atoms with Crippen LogP contribution in [0.4, 0.5) is 10.9 Å². The predicted octanol–water partition coefficient (Wildman–Crippen LogP) is 1.32. The molecule has 1 saturated heterocycles. The third kappa shape index (κ3) is 3.04. The van der Waals surface area contributed by atoms with Crippen molar-refractivity contribution < 1.29 is 4.79 Å². The molecule has 3 N–H and O–H groups in total. The molecule has 1 aliphatic heterocycles. The number of carbonyl (C=O) groups is 1. The number of nitrogen functional groups attached to an aromatic ring is 1. The summed E-state index contributed by atoms with van der Waals surface area (Å²) in [4.78, 5) is 21.3. The molecule has 1 unspecified atom stereocenters. The van der Waals surface area contributed by atoms with Crippen LogP contribution in [0.1, 0.15) is 29.4 Å². The zero-order valence-corrected chi connectivity index (χ0v) is 13.2. The maximum absolute atomic E-state index is 12.4. The van der Waals surface area contributed by atoms with Crippen LogP contribution in [0.25, 0.3) is 0 Å². The number of amides is 1. The molecular formula is C13H23N5OS. The number of likely N-dealkylation sites (N-methyl/N-ethyl adjacent to an activating group) is 2. The quantitative estimate of drug-likeness (QED) is 0.857. The van der Waals surface area contributed by atoms with Gasteiger partial charge < -0.3 is 16.0 Å². The first kappa shape index (κ1) is 15.1. The summed E-state index contributed by atoms with van der Waals surface area (Å²) in [6.07, 6.45) is 2.37. The molecule has 1 atom stereocenters. The minimum Gasteiger partial charge on any atom is -0.382 e. The zero-order chi connectivity index (χ0) is 14.7. The second-order valence-corrected chi connectivity index (χ2v) is 6.09. The highest BCUT2D eigenvalue weighted by Gasteiger charge is 2.27. The molecule has 1 aliphatic rings. The Bertz CT molecular complexity index is 475. The van der Waals surface area contributed by atoms with E-state index in [4.69, 9.17) is 5.73 Å². The second kappa shape index (κ2) is 6.41. The fourth-order valence-corrected chi connectivity index (χ4v) is 3.52. The van der Waals surface area contributed by atoms with Crippen LogP contribution in [0.2, 0.25) is 0 Å². The van der Waals surface area contributed by atoms with E-state index in [0.29, 0.717) is 21.9 Å². The van der Waals surface area contributed by atoms with Gasteiger partial charge in [-0.15, -0.1) is 0 Å². The number of hydrogen-bond donors (Lipinski definition) is 2. The molecule has 20 heavy (non-hydrogen) atoms. The lowest BCUT2D eigenvalue weighted by atomic mass is 10.2. The minimum absolute atomic E-state index is 0.0375. The summed E-state index contributed by atoms with van der Waals surface area (Å²) in [6.45, 7) is 5.09. The number of likely N-dealkylation sites (tertiary alicyclic amines) is 1. The molecule has 0 radical (unpaired) electrons. The van der Waals surface area contributed by atoms with E-state index in [1.54, 1.807) is 11.9 Å². The Kier molecular flexibility index (Phi) is 4.82. The van der Waals surface area contributed by atoms with E-state index in [9.17, 15) is 4.79 Å². The zero-order valence-electron chi connectivity index (χ0n) is 12.3. The van der Waals surface area contributed by atoms with Crippen LogP contribution in [-0.4, -0.2) is 60.5 Å². The van der Waals surface area contributed by atoms with Crippen molar-refractivity contribution in [3.8, 4) is 0 Å². The Hall–Kier alpha value is -1.34. The number of nitrogens with zero attached hydrogens (tertiary/aromatic N) is 3. The molecule has 7 heteroatoms. The first-order valence-electron chi connectivity index (χ1n) is 7.00. The third-order valence-corrected chi connectivity index (χ3v) is 4.87. The summed E-state index contributed by atoms with van der Waals surface area (Å²) in [5.74, 6) is 0.277. The summed E-state index contributed by atoms with van der Waals surface area (Å²) in [5.41, 5.74) is 5.82. The summed E-state index contributed by atoms with van der Waals surface area (Å²) < 4.78 is 0. The van der Waals surface area contributed by atoms with Gasteiger partial charge in [-0.2, -0.15) is 0 Å². The van der Waals surface area contributed by atoms with E-state index >= 15 is 0 Å². The molecule has 0 aliphatic carbocycles. The highest BCUT2D eigenvalue weighted by atomic mass is 32.1. The lowest BCUT2D eigenvalue weighted by Gasteiger charge is -2.27. The van der Waals surface area contributed by atoms with E-state index in [2.05, 4.69) is 22.1 Å². The van der Waals surface area contributed by atoms with Crippen molar-refractivity contribution in [2.75, 3.05) is 44.8 Å². The number of nitrogens with two attached hydrogens (primary N) is 1. The molecule has 0 saturated carbocycles. The molecule has 0 bridgehead atoms. The lowest BCUT2D eigenvalue weighted by Crippen LogP contribution is -2.41. The maximum atomic E-state index is 12.4. The molecule has 1 fully saturated rings. The van der Waals surface area contributed by atoms with Gasteiger partial charge in [0.1, 0.15) is 10.7 Å². The lowest BCUT2D eigenvalue weighted by molar-refractivity contribution is 0.0760. The van der Waals surface area contributed by atoms with Crippen molar-refractivity contribution in [2.45, 2.75) is 25.8 Å². The average molecular weight is 297 g/mol. The Morgan fingerprint density at radius 3 is 3.00 bits per heavy atom. The van der Waals surface area contributed by atoms with Crippen molar-refractivity contribution in [3.63, 3.8) is 0 Å². The average Bonchev–Trinajstić information content (AvgIpc) is 3.03. The predicted molar refractivity (Wildman–Crippen MR) is 83.3 cm³/mol. The number of anilines is 2. The molecule has 1 aromatic rings. The van der Waals surface area contributed by atoms with Gasteiger partial charge in [-0.3, -0.25) is 9.69 Å². The molecule has 1 aromatic heterocycles. The van der Waals surface area contributed by atoms with E-state index in [1.165, 1.54) is 17.8 Å². The van der Waals surface area contributed by atoms with Gasteiger partial charge in [-0.05, 0) is 25.9 Å². The van der Waals surface area contributed by atoms with Crippen molar-refractivity contribution in [1.29, 1.82) is 0 Å². The van der Waals surface area contributed by atoms with Gasteiger partial charge in [0.25, 0.3) is 5.91 Å². The van der Waals surface area contributed by atoms with E-state index in [0.717, 1.165) is 26.1 Å². The molecule has 2 rings (SSSR count). The number of rotatable bonds is 5. The molecule has 0 aromatic carbocycles. The van der Waals surface area contributed by atoms with Gasteiger partial charge >= 0.3 is 0 Å². The van der Waals surface area contributed by atoms with Crippen LogP contribution < -0.4 is 11.1 Å². The standard InChI is InChI=1S/C13H23N5OS/c1-4-18-7-5-6-9(18)8-17(3)12(19)10-11(14)16-13(15-2)20-10/h9H,4-8,14H2,1-3H3,(H,15,16). The van der Waals surface area contributed by atoms with Crippen LogP contribution >= 0.6 is 11.3 Å². The van der Waals surface area contributed by atoms with Crippen molar-refractivity contribution in [1.82, 2.24) is 14.8 Å². The Morgan fingerprint density at radius 2 is 2.40 bits per heavy atom. The van der Waals surface area contributed by atoms with Gasteiger partial charge in [0, 0.05) is 26.7 Å². The summed E-state index contributed by atoms with van der Waals surface area (Å²) >= 11 is 1.31. The fraction of sp³-hybridized carbons (Fsp3) is 0.692. The maximum Gasteiger partial charge on any atom is 0.267 e. The molecule has 0 spiro atoms. The first-order valence-corrected chi connectivity index (χ1v) is 7.82. The number of hydrogen-bond acceptors (Lipinski definition) is 6. The largest absolute Gasteiger partial charge is 0.382 e. The molecule has 1 amide bonds. The van der Waals surface area contributed by atoms with Crippen LogP contribution in [-0.2, 0) is 0 Å². The van der Waals surface area contributed by atoms with Crippen molar-refractivity contribution >= 4 is 28.2 Å². The van der Waals surface area contributed by atoms with Crippen LogP contribution in [0.5, 0.6) is 0 Å². The Balaban J connectivity index is 2.02. The monoisotopic (exact) mass is 297 g/mol. The molecule has 112 valence electrons. The number of thiazole rings is 1. The smallest absolute Gasteiger partial charge is 0.267 e. The summed E-state index contributed by atoms with van der Waals surface area (Å²) in [7, 11) is 3.61. The number of aromatic nitrogens is 1. The normalized spacial score (nSPS) is 19.2. The first-order chi connectivity index (χ1) is 9.56. The minimum atomic E-state index is -0.0375. The Morgan fingerprint density at radius 1 is 1.65 bits per heavy atom. The highest BCUT2D eigenvalue weighted by molar-refractivity contribution is 7.18.